The van der Waals surface area contributed by atoms with Gasteiger partial charge in [-0.05, 0) is 92.9 Å². The fourth-order valence-electron chi connectivity index (χ4n) is 4.97. The van der Waals surface area contributed by atoms with Gasteiger partial charge in [0.15, 0.2) is 11.6 Å². The molecule has 8 heteroatoms. The van der Waals surface area contributed by atoms with E-state index in [1.807, 2.05) is 13.0 Å². The average Bonchev–Trinajstić information content (AvgIpc) is 3.29. The first kappa shape index (κ1) is 29.1. The highest BCUT2D eigenvalue weighted by atomic mass is 19.2. The number of likely N-dealkylation sites (tertiary alicyclic amines) is 1. The smallest absolute Gasteiger partial charge is 0.306 e. The van der Waals surface area contributed by atoms with Gasteiger partial charge in [0.25, 0.3) is 0 Å². The minimum Gasteiger partial charge on any atom is -0.466 e. The largest absolute Gasteiger partial charge is 0.466 e. The van der Waals surface area contributed by atoms with Crippen LogP contribution in [0, 0.1) is 24.4 Å². The Morgan fingerprint density at radius 2 is 1.89 bits per heavy atom. The molecule has 1 heterocycles. The average molecular weight is 522 g/mol. The maximum atomic E-state index is 14.1. The molecule has 204 valence electrons. The van der Waals surface area contributed by atoms with E-state index in [0.29, 0.717) is 36.1 Å². The highest BCUT2D eigenvalue weighted by molar-refractivity contribution is 5.69. The van der Waals surface area contributed by atoms with Crippen molar-refractivity contribution in [1.29, 1.82) is 0 Å². The van der Waals surface area contributed by atoms with E-state index in [1.165, 1.54) is 0 Å². The number of benzene rings is 2. The SMILES string of the molecule is CCOC(=O)CCc1cc(F)c(F)cc1[C@@H](CC)OC[C@H](O)CN1CCC[C@H]1Cc1ccc(C)c(F)c1. The Labute approximate surface area is 217 Å². The lowest BCUT2D eigenvalue weighted by molar-refractivity contribution is -0.143. The van der Waals surface area contributed by atoms with Crippen molar-refractivity contribution < 1.29 is 32.5 Å². The molecule has 1 N–H and O–H groups in total. The van der Waals surface area contributed by atoms with Gasteiger partial charge in [-0.2, -0.15) is 0 Å². The van der Waals surface area contributed by atoms with Gasteiger partial charge in [-0.1, -0.05) is 19.1 Å². The Morgan fingerprint density at radius 3 is 2.59 bits per heavy atom. The van der Waals surface area contributed by atoms with E-state index < -0.39 is 29.8 Å². The van der Waals surface area contributed by atoms with Crippen molar-refractivity contribution in [1.82, 2.24) is 4.90 Å². The van der Waals surface area contributed by atoms with Gasteiger partial charge in [-0.3, -0.25) is 9.69 Å². The summed E-state index contributed by atoms with van der Waals surface area (Å²) < 4.78 is 53.0. The third-order valence-corrected chi connectivity index (χ3v) is 6.95. The van der Waals surface area contributed by atoms with E-state index in [1.54, 1.807) is 26.0 Å². The Kier molecular flexibility index (Phi) is 11.0. The summed E-state index contributed by atoms with van der Waals surface area (Å²) in [5.74, 6) is -2.58. The van der Waals surface area contributed by atoms with Crippen LogP contribution in [0.3, 0.4) is 0 Å². The summed E-state index contributed by atoms with van der Waals surface area (Å²) >= 11 is 0. The fourth-order valence-corrected chi connectivity index (χ4v) is 4.97. The van der Waals surface area contributed by atoms with Crippen molar-refractivity contribution in [2.45, 2.75) is 77.5 Å². The van der Waals surface area contributed by atoms with Gasteiger partial charge >= 0.3 is 5.97 Å². The van der Waals surface area contributed by atoms with Crippen LogP contribution in [-0.4, -0.2) is 54.4 Å². The molecule has 0 aliphatic carbocycles. The normalized spacial score (nSPS) is 17.6. The number of carbonyl (C=O) groups excluding carboxylic acids is 1. The first-order valence-electron chi connectivity index (χ1n) is 13.1. The zero-order valence-electron chi connectivity index (χ0n) is 21.9. The molecule has 1 aliphatic rings. The molecule has 2 aromatic carbocycles. The van der Waals surface area contributed by atoms with Crippen molar-refractivity contribution in [2.75, 3.05) is 26.3 Å². The number of ether oxygens (including phenoxy) is 2. The standard InChI is InChI=1S/C29H38F3NO4/c1-4-28(24-16-27(32)26(31)15-21(24)10-11-29(35)36-5-2)37-18-23(34)17-33-12-6-7-22(33)13-20-9-8-19(3)25(30)14-20/h8-9,14-16,22-23,28,34H,4-7,10-13,17-18H2,1-3H3/t22-,23+,28+/m0/s1. The molecule has 0 spiro atoms. The zero-order chi connectivity index (χ0) is 26.9. The fraction of sp³-hybridized carbons (Fsp3) is 0.552. The molecule has 0 unspecified atom stereocenters. The second-order valence-electron chi connectivity index (χ2n) is 9.73. The summed E-state index contributed by atoms with van der Waals surface area (Å²) in [5, 5.41) is 10.7. The first-order chi connectivity index (χ1) is 17.7. The number of aliphatic hydroxyl groups is 1. The summed E-state index contributed by atoms with van der Waals surface area (Å²) in [6.45, 7) is 6.84. The molecule has 0 saturated carbocycles. The van der Waals surface area contributed by atoms with Crippen molar-refractivity contribution in [3.05, 3.63) is 70.0 Å². The van der Waals surface area contributed by atoms with E-state index in [2.05, 4.69) is 4.90 Å². The predicted molar refractivity (Wildman–Crippen MR) is 136 cm³/mol. The van der Waals surface area contributed by atoms with Crippen LogP contribution in [0.15, 0.2) is 30.3 Å². The maximum Gasteiger partial charge on any atom is 0.306 e. The Balaban J connectivity index is 1.60. The van der Waals surface area contributed by atoms with Crippen LogP contribution in [0.5, 0.6) is 0 Å². The molecule has 3 atom stereocenters. The summed E-state index contributed by atoms with van der Waals surface area (Å²) in [6, 6.07) is 7.75. The Bertz CT molecular complexity index is 1050. The first-order valence-corrected chi connectivity index (χ1v) is 13.1. The van der Waals surface area contributed by atoms with E-state index in [0.717, 1.165) is 37.1 Å². The summed E-state index contributed by atoms with van der Waals surface area (Å²) in [4.78, 5) is 14.0. The summed E-state index contributed by atoms with van der Waals surface area (Å²) in [7, 11) is 0. The van der Waals surface area contributed by atoms with Crippen LogP contribution < -0.4 is 0 Å². The molecule has 5 nitrogen and oxygen atoms in total. The molecule has 0 aromatic heterocycles. The molecule has 0 bridgehead atoms. The van der Waals surface area contributed by atoms with Gasteiger partial charge in [-0.25, -0.2) is 13.2 Å². The van der Waals surface area contributed by atoms with Crippen molar-refractivity contribution in [3.63, 3.8) is 0 Å². The second kappa shape index (κ2) is 13.9. The van der Waals surface area contributed by atoms with Gasteiger partial charge in [-0.15, -0.1) is 0 Å². The molecule has 2 aromatic rings. The van der Waals surface area contributed by atoms with Crippen LogP contribution >= 0.6 is 0 Å². The minimum atomic E-state index is -0.982. The predicted octanol–water partition coefficient (Wildman–Crippen LogP) is 5.44. The van der Waals surface area contributed by atoms with Crippen molar-refractivity contribution in [2.24, 2.45) is 0 Å². The second-order valence-corrected chi connectivity index (χ2v) is 9.73. The number of esters is 1. The maximum absolute atomic E-state index is 14.1. The molecule has 1 fully saturated rings. The van der Waals surface area contributed by atoms with Crippen LogP contribution in [0.25, 0.3) is 0 Å². The zero-order valence-corrected chi connectivity index (χ0v) is 21.9. The Morgan fingerprint density at radius 1 is 1.14 bits per heavy atom. The van der Waals surface area contributed by atoms with Gasteiger partial charge < -0.3 is 14.6 Å². The molecule has 3 rings (SSSR count). The molecular weight excluding hydrogens is 483 g/mol. The molecule has 0 radical (unpaired) electrons. The third-order valence-electron chi connectivity index (χ3n) is 6.95. The molecule has 37 heavy (non-hydrogen) atoms. The quantitative estimate of drug-likeness (QED) is 0.356. The van der Waals surface area contributed by atoms with Crippen LogP contribution in [0.2, 0.25) is 0 Å². The Hall–Kier alpha value is -2.42. The molecular formula is C29H38F3NO4. The number of carbonyl (C=O) groups is 1. The number of aliphatic hydroxyl groups excluding tert-OH is 1. The van der Waals surface area contributed by atoms with E-state index >= 15 is 0 Å². The van der Waals surface area contributed by atoms with Gasteiger partial charge in [0.2, 0.25) is 0 Å². The molecule has 0 amide bonds. The highest BCUT2D eigenvalue weighted by Crippen LogP contribution is 2.29. The van der Waals surface area contributed by atoms with E-state index in [-0.39, 0.29) is 37.9 Å². The number of aryl methyl sites for hydroxylation is 2. The third kappa shape index (κ3) is 8.28. The van der Waals surface area contributed by atoms with Crippen molar-refractivity contribution in [3.8, 4) is 0 Å². The number of halogens is 3. The number of hydrogen-bond acceptors (Lipinski definition) is 5. The van der Waals surface area contributed by atoms with E-state index in [4.69, 9.17) is 9.47 Å². The summed E-state index contributed by atoms with van der Waals surface area (Å²) in [6.07, 6.45) is 2.07. The molecule has 1 saturated heterocycles. The summed E-state index contributed by atoms with van der Waals surface area (Å²) in [5.41, 5.74) is 2.51. The van der Waals surface area contributed by atoms with Crippen LogP contribution in [-0.2, 0) is 27.1 Å². The van der Waals surface area contributed by atoms with E-state index in [9.17, 15) is 23.1 Å². The highest BCUT2D eigenvalue weighted by Gasteiger charge is 2.27. The van der Waals surface area contributed by atoms with Crippen molar-refractivity contribution >= 4 is 5.97 Å². The number of rotatable bonds is 13. The van der Waals surface area contributed by atoms with Crippen LogP contribution in [0.1, 0.15) is 67.9 Å². The lowest BCUT2D eigenvalue weighted by atomic mass is 9.96. The van der Waals surface area contributed by atoms with Gasteiger partial charge in [0.1, 0.15) is 5.82 Å². The molecule has 1 aliphatic heterocycles. The monoisotopic (exact) mass is 521 g/mol. The minimum absolute atomic E-state index is 0.0250. The number of hydrogen-bond donors (Lipinski definition) is 1. The lowest BCUT2D eigenvalue weighted by Crippen LogP contribution is -2.39. The van der Waals surface area contributed by atoms with Gasteiger partial charge in [0.05, 0.1) is 25.4 Å². The number of β-amino-alcohol motifs (C(OH)–C–C–N with tert-alkyl or cyclic N) is 1. The lowest BCUT2D eigenvalue weighted by Gasteiger charge is -2.28. The topological polar surface area (TPSA) is 59.0 Å². The van der Waals surface area contributed by atoms with Gasteiger partial charge in [0, 0.05) is 19.0 Å². The van der Waals surface area contributed by atoms with Crippen LogP contribution in [0.4, 0.5) is 13.2 Å². The number of nitrogens with zero attached hydrogens (tertiary/aromatic N) is 1.